The van der Waals surface area contributed by atoms with Gasteiger partial charge < -0.3 is 15.2 Å². The minimum atomic E-state index is -0.0154. The molecule has 0 aromatic heterocycles. The standard InChI is InChI=1S/C13H17NO2/c1-4-5-8-16-12-7-6-11(10(2)14)9-13(12)15-3/h6-7,9-10H,8,14H2,1-3H3/t10-/m0/s1. The predicted molar refractivity (Wildman–Crippen MR) is 64.5 cm³/mol. The molecule has 0 amide bonds. The number of ether oxygens (including phenoxy) is 2. The van der Waals surface area contributed by atoms with Gasteiger partial charge in [-0.3, -0.25) is 0 Å². The van der Waals surface area contributed by atoms with Gasteiger partial charge in [0.2, 0.25) is 0 Å². The summed E-state index contributed by atoms with van der Waals surface area (Å²) in [6.07, 6.45) is 0. The second kappa shape index (κ2) is 6.04. The molecular formula is C13H17NO2. The minimum absolute atomic E-state index is 0.0154. The summed E-state index contributed by atoms with van der Waals surface area (Å²) >= 11 is 0. The lowest BCUT2D eigenvalue weighted by atomic mass is 10.1. The van der Waals surface area contributed by atoms with Gasteiger partial charge >= 0.3 is 0 Å². The van der Waals surface area contributed by atoms with Gasteiger partial charge in [0.25, 0.3) is 0 Å². The van der Waals surface area contributed by atoms with Crippen LogP contribution in [-0.4, -0.2) is 13.7 Å². The van der Waals surface area contributed by atoms with Crippen LogP contribution in [0.1, 0.15) is 25.5 Å². The fourth-order valence-corrected chi connectivity index (χ4v) is 1.27. The van der Waals surface area contributed by atoms with Crippen LogP contribution in [0, 0.1) is 11.8 Å². The van der Waals surface area contributed by atoms with Crippen LogP contribution < -0.4 is 15.2 Å². The predicted octanol–water partition coefficient (Wildman–Crippen LogP) is 2.12. The second-order valence-corrected chi connectivity index (χ2v) is 3.41. The Morgan fingerprint density at radius 1 is 1.38 bits per heavy atom. The highest BCUT2D eigenvalue weighted by Crippen LogP contribution is 2.29. The van der Waals surface area contributed by atoms with E-state index < -0.39 is 0 Å². The van der Waals surface area contributed by atoms with Gasteiger partial charge in [-0.15, -0.1) is 5.92 Å². The van der Waals surface area contributed by atoms with E-state index in [0.717, 1.165) is 5.56 Å². The molecule has 0 bridgehead atoms. The van der Waals surface area contributed by atoms with Crippen LogP contribution in [0.4, 0.5) is 0 Å². The SMILES string of the molecule is CC#CCOc1ccc([C@H](C)N)cc1OC. The van der Waals surface area contributed by atoms with E-state index in [-0.39, 0.29) is 6.04 Å². The van der Waals surface area contributed by atoms with Crippen molar-refractivity contribution in [3.63, 3.8) is 0 Å². The molecule has 0 aliphatic carbocycles. The molecule has 0 saturated heterocycles. The fourth-order valence-electron chi connectivity index (χ4n) is 1.27. The van der Waals surface area contributed by atoms with Crippen molar-refractivity contribution in [2.24, 2.45) is 5.73 Å². The third-order valence-electron chi connectivity index (χ3n) is 2.19. The highest BCUT2D eigenvalue weighted by atomic mass is 16.5. The Morgan fingerprint density at radius 3 is 2.69 bits per heavy atom. The van der Waals surface area contributed by atoms with E-state index in [1.807, 2.05) is 25.1 Å². The van der Waals surface area contributed by atoms with E-state index in [1.165, 1.54) is 0 Å². The van der Waals surface area contributed by atoms with Crippen LogP contribution >= 0.6 is 0 Å². The zero-order valence-corrected chi connectivity index (χ0v) is 9.91. The van der Waals surface area contributed by atoms with Crippen LogP contribution in [0.3, 0.4) is 0 Å². The molecule has 1 aromatic rings. The fraction of sp³-hybridized carbons (Fsp3) is 0.385. The summed E-state index contributed by atoms with van der Waals surface area (Å²) in [4.78, 5) is 0. The Labute approximate surface area is 96.6 Å². The van der Waals surface area contributed by atoms with Crippen molar-refractivity contribution in [2.45, 2.75) is 19.9 Å². The Hall–Kier alpha value is -1.66. The zero-order chi connectivity index (χ0) is 12.0. The first-order valence-corrected chi connectivity index (χ1v) is 5.15. The molecule has 0 saturated carbocycles. The lowest BCUT2D eigenvalue weighted by Crippen LogP contribution is -2.05. The van der Waals surface area contributed by atoms with Gasteiger partial charge in [-0.25, -0.2) is 0 Å². The summed E-state index contributed by atoms with van der Waals surface area (Å²) in [5, 5.41) is 0. The topological polar surface area (TPSA) is 44.5 Å². The largest absolute Gasteiger partial charge is 0.493 e. The van der Waals surface area contributed by atoms with Crippen molar-refractivity contribution < 1.29 is 9.47 Å². The first-order chi connectivity index (χ1) is 7.69. The molecule has 0 fully saturated rings. The van der Waals surface area contributed by atoms with E-state index >= 15 is 0 Å². The molecule has 16 heavy (non-hydrogen) atoms. The molecular weight excluding hydrogens is 202 g/mol. The van der Waals surface area contributed by atoms with Crippen molar-refractivity contribution in [1.82, 2.24) is 0 Å². The number of benzene rings is 1. The molecule has 1 rings (SSSR count). The molecule has 2 N–H and O–H groups in total. The molecule has 0 heterocycles. The molecule has 1 atom stereocenters. The summed E-state index contributed by atoms with van der Waals surface area (Å²) in [6, 6.07) is 5.66. The molecule has 0 radical (unpaired) electrons. The first-order valence-electron chi connectivity index (χ1n) is 5.15. The van der Waals surface area contributed by atoms with E-state index in [9.17, 15) is 0 Å². The van der Waals surface area contributed by atoms with Crippen molar-refractivity contribution in [1.29, 1.82) is 0 Å². The van der Waals surface area contributed by atoms with Crippen LogP contribution in [0.15, 0.2) is 18.2 Å². The molecule has 1 aromatic carbocycles. The van der Waals surface area contributed by atoms with Gasteiger partial charge in [-0.1, -0.05) is 12.0 Å². The number of hydrogen-bond donors (Lipinski definition) is 1. The molecule has 0 spiro atoms. The highest BCUT2D eigenvalue weighted by molar-refractivity contribution is 5.43. The smallest absolute Gasteiger partial charge is 0.162 e. The third kappa shape index (κ3) is 3.18. The van der Waals surface area contributed by atoms with Gasteiger partial charge in [0.1, 0.15) is 6.61 Å². The van der Waals surface area contributed by atoms with Crippen molar-refractivity contribution >= 4 is 0 Å². The van der Waals surface area contributed by atoms with Crippen LogP contribution in [0.25, 0.3) is 0 Å². The number of methoxy groups -OCH3 is 1. The molecule has 0 unspecified atom stereocenters. The van der Waals surface area contributed by atoms with Gasteiger partial charge in [0, 0.05) is 6.04 Å². The molecule has 0 aliphatic rings. The summed E-state index contributed by atoms with van der Waals surface area (Å²) in [5.74, 6) is 6.98. The van der Waals surface area contributed by atoms with Crippen molar-refractivity contribution in [3.05, 3.63) is 23.8 Å². The maximum Gasteiger partial charge on any atom is 0.162 e. The van der Waals surface area contributed by atoms with E-state index in [0.29, 0.717) is 18.1 Å². The second-order valence-electron chi connectivity index (χ2n) is 3.41. The van der Waals surface area contributed by atoms with Crippen molar-refractivity contribution in [3.8, 4) is 23.3 Å². The highest BCUT2D eigenvalue weighted by Gasteiger charge is 2.07. The van der Waals surface area contributed by atoms with Crippen LogP contribution in [-0.2, 0) is 0 Å². The normalized spacial score (nSPS) is 11.2. The number of nitrogens with two attached hydrogens (primary N) is 1. The van der Waals surface area contributed by atoms with Crippen LogP contribution in [0.5, 0.6) is 11.5 Å². The Bertz CT molecular complexity index is 402. The average Bonchev–Trinajstić information content (AvgIpc) is 2.29. The van der Waals surface area contributed by atoms with E-state index in [4.69, 9.17) is 15.2 Å². The van der Waals surface area contributed by atoms with Crippen LogP contribution in [0.2, 0.25) is 0 Å². The Morgan fingerprint density at radius 2 is 2.12 bits per heavy atom. The lowest BCUT2D eigenvalue weighted by Gasteiger charge is -2.12. The minimum Gasteiger partial charge on any atom is -0.493 e. The molecule has 3 heteroatoms. The average molecular weight is 219 g/mol. The van der Waals surface area contributed by atoms with Gasteiger partial charge in [-0.2, -0.15) is 0 Å². The molecule has 3 nitrogen and oxygen atoms in total. The molecule has 0 aliphatic heterocycles. The zero-order valence-electron chi connectivity index (χ0n) is 9.91. The van der Waals surface area contributed by atoms with E-state index in [2.05, 4.69) is 11.8 Å². The first kappa shape index (κ1) is 12.4. The van der Waals surface area contributed by atoms with E-state index in [1.54, 1.807) is 14.0 Å². The molecule has 86 valence electrons. The quantitative estimate of drug-likeness (QED) is 0.789. The maximum absolute atomic E-state index is 5.79. The number of rotatable bonds is 4. The van der Waals surface area contributed by atoms with Gasteiger partial charge in [0.05, 0.1) is 7.11 Å². The number of hydrogen-bond acceptors (Lipinski definition) is 3. The van der Waals surface area contributed by atoms with Crippen molar-refractivity contribution in [2.75, 3.05) is 13.7 Å². The van der Waals surface area contributed by atoms with Gasteiger partial charge in [-0.05, 0) is 31.5 Å². The summed E-state index contributed by atoms with van der Waals surface area (Å²) in [6.45, 7) is 4.07. The monoisotopic (exact) mass is 219 g/mol. The summed E-state index contributed by atoms with van der Waals surface area (Å²) in [7, 11) is 1.61. The summed E-state index contributed by atoms with van der Waals surface area (Å²) in [5.41, 5.74) is 6.81. The third-order valence-corrected chi connectivity index (χ3v) is 2.19. The van der Waals surface area contributed by atoms with Gasteiger partial charge in [0.15, 0.2) is 11.5 Å². The Balaban J connectivity index is 2.87. The summed E-state index contributed by atoms with van der Waals surface area (Å²) < 4.78 is 10.7. The lowest BCUT2D eigenvalue weighted by molar-refractivity contribution is 0.330. The maximum atomic E-state index is 5.79. The Kier molecular flexibility index (Phi) is 4.68.